The lowest BCUT2D eigenvalue weighted by Gasteiger charge is -2.16. The lowest BCUT2D eigenvalue weighted by Crippen LogP contribution is -2.26. The van der Waals surface area contributed by atoms with Crippen molar-refractivity contribution in [2.45, 2.75) is 58.2 Å². The van der Waals surface area contributed by atoms with Gasteiger partial charge in [0.25, 0.3) is 0 Å². The molecule has 0 fully saturated rings. The molecule has 0 saturated carbocycles. The summed E-state index contributed by atoms with van der Waals surface area (Å²) in [5.74, 6) is -2.31. The van der Waals surface area contributed by atoms with Gasteiger partial charge in [-0.15, -0.1) is 0 Å². The first-order chi connectivity index (χ1) is 18.4. The zero-order chi connectivity index (χ0) is 27.4. The van der Waals surface area contributed by atoms with Gasteiger partial charge in [-0.1, -0.05) is 86.3 Å². The number of carboxylic acids is 1. The van der Waals surface area contributed by atoms with Crippen molar-refractivity contribution in [1.82, 2.24) is 0 Å². The number of carbonyl (C=O) groups excluding carboxylic acids is 3. The lowest BCUT2D eigenvalue weighted by atomic mass is 10.0. The van der Waals surface area contributed by atoms with Gasteiger partial charge in [-0.05, 0) is 24.0 Å². The van der Waals surface area contributed by atoms with Crippen LogP contribution in [0.4, 0.5) is 9.59 Å². The van der Waals surface area contributed by atoms with Gasteiger partial charge in [0.05, 0.1) is 5.92 Å². The van der Waals surface area contributed by atoms with E-state index >= 15 is 0 Å². The van der Waals surface area contributed by atoms with Crippen LogP contribution in [0.1, 0.15) is 56.1 Å². The summed E-state index contributed by atoms with van der Waals surface area (Å²) in [5, 5.41) is 8.70. The molecule has 2 aromatic rings. The molecule has 1 N–H and O–H groups in total. The first kappa shape index (κ1) is 30.1. The second kappa shape index (κ2) is 18.2. The predicted molar refractivity (Wildman–Crippen MR) is 135 cm³/mol. The first-order valence-corrected chi connectivity index (χ1v) is 12.5. The number of hydrogen-bond donors (Lipinski definition) is 1. The maximum Gasteiger partial charge on any atom is 0.511 e. The monoisotopic (exact) mass is 530 g/mol. The van der Waals surface area contributed by atoms with Crippen LogP contribution in [-0.2, 0) is 46.5 Å². The first-order valence-electron chi connectivity index (χ1n) is 12.5. The Morgan fingerprint density at radius 1 is 0.632 bits per heavy atom. The summed E-state index contributed by atoms with van der Waals surface area (Å²) in [6, 6.07) is 18.1. The molecule has 1 unspecified atom stereocenters. The van der Waals surface area contributed by atoms with Crippen LogP contribution in [0, 0.1) is 5.92 Å². The highest BCUT2D eigenvalue weighted by Crippen LogP contribution is 2.16. The second-order valence-corrected chi connectivity index (χ2v) is 8.48. The van der Waals surface area contributed by atoms with Crippen molar-refractivity contribution in [2.24, 2.45) is 5.92 Å². The number of benzene rings is 2. The van der Waals surface area contributed by atoms with E-state index in [1.54, 1.807) is 24.3 Å². The van der Waals surface area contributed by atoms with Gasteiger partial charge < -0.3 is 28.8 Å². The molecule has 10 heteroatoms. The van der Waals surface area contributed by atoms with Crippen molar-refractivity contribution >= 4 is 24.2 Å². The van der Waals surface area contributed by atoms with E-state index in [0.717, 1.165) is 30.4 Å². The summed E-state index contributed by atoms with van der Waals surface area (Å²) in [6.07, 6.45) is 2.16. The molecule has 0 aliphatic carbocycles. The van der Waals surface area contributed by atoms with E-state index in [0.29, 0.717) is 19.3 Å². The molecule has 0 aromatic heterocycles. The van der Waals surface area contributed by atoms with Gasteiger partial charge in [0.2, 0.25) is 6.79 Å². The summed E-state index contributed by atoms with van der Waals surface area (Å²) >= 11 is 0. The van der Waals surface area contributed by atoms with Crippen molar-refractivity contribution in [3.63, 3.8) is 0 Å². The molecule has 0 bridgehead atoms. The van der Waals surface area contributed by atoms with E-state index in [1.165, 1.54) is 0 Å². The summed E-state index contributed by atoms with van der Waals surface area (Å²) in [4.78, 5) is 46.9. The van der Waals surface area contributed by atoms with Crippen LogP contribution >= 0.6 is 0 Å². The molecule has 10 nitrogen and oxygen atoms in total. The molecule has 206 valence electrons. The highest BCUT2D eigenvalue weighted by molar-refractivity contribution is 5.73. The Hall–Kier alpha value is -4.08. The number of unbranched alkanes of at least 4 members (excludes halogenated alkanes) is 4. The maximum atomic E-state index is 12.6. The number of rotatable bonds is 17. The van der Waals surface area contributed by atoms with Crippen molar-refractivity contribution < 1.29 is 48.0 Å². The number of aliphatic carboxylic acids is 1. The van der Waals surface area contributed by atoms with Gasteiger partial charge in [0.15, 0.2) is 0 Å². The molecule has 0 heterocycles. The van der Waals surface area contributed by atoms with Gasteiger partial charge >= 0.3 is 24.2 Å². The third-order valence-electron chi connectivity index (χ3n) is 5.46. The van der Waals surface area contributed by atoms with E-state index in [4.69, 9.17) is 28.8 Å². The van der Waals surface area contributed by atoms with E-state index in [-0.39, 0.29) is 26.2 Å². The normalized spacial score (nSPS) is 11.2. The van der Waals surface area contributed by atoms with E-state index in [2.05, 4.69) is 0 Å². The highest BCUT2D eigenvalue weighted by atomic mass is 16.8. The number of esters is 1. The number of carboxylic acid groups (broad SMARTS) is 1. The van der Waals surface area contributed by atoms with Crippen molar-refractivity contribution in [3.8, 4) is 0 Å². The molecule has 1 atom stereocenters. The Morgan fingerprint density at radius 2 is 1.16 bits per heavy atom. The van der Waals surface area contributed by atoms with Crippen molar-refractivity contribution in [3.05, 3.63) is 71.8 Å². The van der Waals surface area contributed by atoms with Gasteiger partial charge in [0.1, 0.15) is 19.8 Å². The summed E-state index contributed by atoms with van der Waals surface area (Å²) in [6.45, 7) is -0.855. The fourth-order valence-corrected chi connectivity index (χ4v) is 3.40. The topological polar surface area (TPSA) is 135 Å². The molecule has 0 aliphatic rings. The molecular formula is C28H34O10. The van der Waals surface area contributed by atoms with Gasteiger partial charge in [-0.3, -0.25) is 9.59 Å². The molecule has 0 amide bonds. The third kappa shape index (κ3) is 13.9. The largest absolute Gasteiger partial charge is 0.511 e. The van der Waals surface area contributed by atoms with Crippen LogP contribution in [0.5, 0.6) is 0 Å². The minimum atomic E-state index is -0.986. The standard InChI is InChI=1S/C28H34O10/c29-25(30)17-11-3-1-2-10-16-24(20-36-27(32)34-18-22-12-6-4-7-13-22)26(31)37-21-38-28(33)35-19-23-14-8-5-9-15-23/h4-9,12-15,24H,1-3,10-11,16-21H2,(H,29,30). The van der Waals surface area contributed by atoms with E-state index in [9.17, 15) is 19.2 Å². The smallest absolute Gasteiger partial charge is 0.481 e. The summed E-state index contributed by atoms with van der Waals surface area (Å²) in [5.41, 5.74) is 1.57. The Kier molecular flexibility index (Phi) is 14.4. The van der Waals surface area contributed by atoms with Gasteiger partial charge in [-0.2, -0.15) is 0 Å². The fraction of sp³-hybridized carbons (Fsp3) is 0.429. The molecule has 0 spiro atoms. The molecule has 0 saturated heterocycles. The predicted octanol–water partition coefficient (Wildman–Crippen LogP) is 5.63. The van der Waals surface area contributed by atoms with Crippen LogP contribution in [0.25, 0.3) is 0 Å². The summed E-state index contributed by atoms with van der Waals surface area (Å²) in [7, 11) is 0. The van der Waals surface area contributed by atoms with Gasteiger partial charge in [0, 0.05) is 6.42 Å². The van der Waals surface area contributed by atoms with Crippen LogP contribution in [-0.4, -0.2) is 42.8 Å². The molecule has 2 rings (SSSR count). The molecule has 2 aromatic carbocycles. The fourth-order valence-electron chi connectivity index (χ4n) is 3.40. The van der Waals surface area contributed by atoms with Crippen LogP contribution in [0.2, 0.25) is 0 Å². The van der Waals surface area contributed by atoms with Crippen LogP contribution in [0.15, 0.2) is 60.7 Å². The Labute approximate surface area is 221 Å². The SMILES string of the molecule is O=C(O)CCCCCCCC(COC(=O)OCc1ccccc1)C(=O)OCOC(=O)OCc1ccccc1. The highest BCUT2D eigenvalue weighted by Gasteiger charge is 2.23. The lowest BCUT2D eigenvalue weighted by molar-refractivity contribution is -0.160. The quantitative estimate of drug-likeness (QED) is 0.119. The minimum Gasteiger partial charge on any atom is -0.481 e. The third-order valence-corrected chi connectivity index (χ3v) is 5.46. The Bertz CT molecular complexity index is 978. The van der Waals surface area contributed by atoms with Crippen molar-refractivity contribution in [2.75, 3.05) is 13.4 Å². The van der Waals surface area contributed by atoms with Crippen LogP contribution < -0.4 is 0 Å². The van der Waals surface area contributed by atoms with Crippen molar-refractivity contribution in [1.29, 1.82) is 0 Å². The van der Waals surface area contributed by atoms with Gasteiger partial charge in [-0.25, -0.2) is 9.59 Å². The molecular weight excluding hydrogens is 496 g/mol. The van der Waals surface area contributed by atoms with E-state index < -0.39 is 37.0 Å². The minimum absolute atomic E-state index is 0.0155. The number of carbonyl (C=O) groups is 4. The molecule has 0 radical (unpaired) electrons. The maximum absolute atomic E-state index is 12.6. The summed E-state index contributed by atoms with van der Waals surface area (Å²) < 4.78 is 25.0. The molecule has 0 aliphatic heterocycles. The average Bonchev–Trinajstić information content (AvgIpc) is 2.92. The average molecular weight is 531 g/mol. The second-order valence-electron chi connectivity index (χ2n) is 8.48. The molecule has 38 heavy (non-hydrogen) atoms. The number of ether oxygens (including phenoxy) is 5. The van der Waals surface area contributed by atoms with Crippen LogP contribution in [0.3, 0.4) is 0 Å². The zero-order valence-electron chi connectivity index (χ0n) is 21.3. The Balaban J connectivity index is 1.74. The zero-order valence-corrected chi connectivity index (χ0v) is 21.3. The Morgan fingerprint density at radius 3 is 1.74 bits per heavy atom. The van der Waals surface area contributed by atoms with E-state index in [1.807, 2.05) is 36.4 Å². The number of hydrogen-bond acceptors (Lipinski definition) is 9.